The predicted octanol–water partition coefficient (Wildman–Crippen LogP) is 4.96. The molecule has 588 valence electrons. The van der Waals surface area contributed by atoms with Crippen molar-refractivity contribution in [3.63, 3.8) is 0 Å². The van der Waals surface area contributed by atoms with Gasteiger partial charge in [-0.3, -0.25) is 4.79 Å². The number of rotatable bonds is 87. The Morgan fingerprint density at radius 2 is 0.255 bits per heavy atom. The molecule has 29 nitrogen and oxygen atoms in total. The van der Waals surface area contributed by atoms with Gasteiger partial charge in [-0.05, 0) is 13.3 Å². The smallest absolute Gasteiger partial charge is 0.132 e. The standard InChI is InChI=1S/C62H124O29.C4H8.C3H6/c1-3-4-6-64-8-10-66-12-14-68-16-18-70-20-22-72-24-26-74-28-30-76-32-34-78-36-38-80-40-42-82-44-46-84-48-50-86-52-54-88-56-58-90-60-61-91-59-57-89-55-53-87-51-49-85-47-45-83-43-41-81-39-37-79-35-33-77-31-29-75-27-25-73-23-21-71-19-17-69-15-13-67-11-9-65-7-5-62(2)63;1-2-4-3-1;1-2-3-1/h3-61H2,1-2H3;1-4H2;1-3H2. The highest BCUT2D eigenvalue weighted by molar-refractivity contribution is 5.75. The van der Waals surface area contributed by atoms with Crippen molar-refractivity contribution in [1.29, 1.82) is 0 Å². The molecule has 0 N–H and O–H groups in total. The van der Waals surface area contributed by atoms with E-state index in [2.05, 4.69) is 6.92 Å². The molecular formula is C69H138O29. The van der Waals surface area contributed by atoms with Crippen LogP contribution >= 0.6 is 0 Å². The number of hydrogen-bond donors (Lipinski definition) is 0. The van der Waals surface area contributed by atoms with Crippen molar-refractivity contribution in [3.8, 4) is 0 Å². The van der Waals surface area contributed by atoms with Gasteiger partial charge in [0.1, 0.15) is 5.78 Å². The predicted molar refractivity (Wildman–Crippen MR) is 365 cm³/mol. The van der Waals surface area contributed by atoms with Crippen LogP contribution in [0.15, 0.2) is 0 Å². The molecule has 2 rings (SSSR count). The minimum absolute atomic E-state index is 0.120. The van der Waals surface area contributed by atoms with Gasteiger partial charge in [0, 0.05) is 13.0 Å². The molecule has 2 saturated carbocycles. The highest BCUT2D eigenvalue weighted by Crippen LogP contribution is 2.15. The topological polar surface area (TPSA) is 276 Å². The molecule has 0 heterocycles. The summed E-state index contributed by atoms with van der Waals surface area (Å²) in [7, 11) is 0. The number of unbranched alkanes of at least 4 members (excludes halogenated alkanes) is 1. The minimum atomic E-state index is 0.120. The van der Waals surface area contributed by atoms with Gasteiger partial charge in [-0.25, -0.2) is 0 Å². The lowest BCUT2D eigenvalue weighted by Crippen LogP contribution is -2.16. The maximum Gasteiger partial charge on any atom is 0.132 e. The Labute approximate surface area is 589 Å². The average molecular weight is 1430 g/mol. The minimum Gasteiger partial charge on any atom is -0.379 e. The molecule has 2 aliphatic carbocycles. The molecule has 0 unspecified atom stereocenters. The van der Waals surface area contributed by atoms with Gasteiger partial charge in [0.2, 0.25) is 0 Å². The zero-order chi connectivity index (χ0) is 70.0. The highest BCUT2D eigenvalue weighted by Gasteiger charge is 2.03. The van der Waals surface area contributed by atoms with Gasteiger partial charge in [0.05, 0.1) is 363 Å². The Kier molecular flexibility index (Phi) is 92.2. The second-order valence-electron chi connectivity index (χ2n) is 21.4. The summed E-state index contributed by atoms with van der Waals surface area (Å²) >= 11 is 0. The van der Waals surface area contributed by atoms with E-state index in [9.17, 15) is 4.79 Å². The first kappa shape index (κ1) is 96.5. The molecule has 0 aromatic carbocycles. The first-order valence-electron chi connectivity index (χ1n) is 36.4. The van der Waals surface area contributed by atoms with Crippen molar-refractivity contribution >= 4 is 5.78 Å². The number of carbonyl (C=O) groups excluding carboxylic acids is 1. The first-order valence-corrected chi connectivity index (χ1v) is 36.4. The Morgan fingerprint density at radius 1 is 0.163 bits per heavy atom. The van der Waals surface area contributed by atoms with Crippen LogP contribution in [0.4, 0.5) is 0 Å². The summed E-state index contributed by atoms with van der Waals surface area (Å²) in [5.74, 6) is 0.120. The van der Waals surface area contributed by atoms with Crippen LogP contribution in [0.1, 0.15) is 78.1 Å². The average Bonchev–Trinajstić information content (AvgIpc) is 4.53. The molecule has 0 bridgehead atoms. The lowest BCUT2D eigenvalue weighted by Gasteiger charge is -2.09. The zero-order valence-corrected chi connectivity index (χ0v) is 61.0. The lowest BCUT2D eigenvalue weighted by molar-refractivity contribution is -0.118. The fraction of sp³-hybridized carbons (Fsp3) is 0.986. The van der Waals surface area contributed by atoms with Crippen LogP contribution in [-0.4, -0.2) is 376 Å². The number of ether oxygens (including phenoxy) is 28. The van der Waals surface area contributed by atoms with Crippen LogP contribution in [0.3, 0.4) is 0 Å². The van der Waals surface area contributed by atoms with E-state index in [1.807, 2.05) is 0 Å². The number of carbonyl (C=O) groups is 1. The Bertz CT molecular complexity index is 1400. The monoisotopic (exact) mass is 1430 g/mol. The molecule has 0 atom stereocenters. The van der Waals surface area contributed by atoms with E-state index < -0.39 is 0 Å². The van der Waals surface area contributed by atoms with E-state index in [-0.39, 0.29) is 5.78 Å². The summed E-state index contributed by atoms with van der Waals surface area (Å²) in [5.41, 5.74) is 0. The quantitative estimate of drug-likeness (QED) is 0.0728. The second kappa shape index (κ2) is 93.6. The van der Waals surface area contributed by atoms with Gasteiger partial charge in [-0.2, -0.15) is 0 Å². The van der Waals surface area contributed by atoms with Gasteiger partial charge >= 0.3 is 0 Å². The van der Waals surface area contributed by atoms with Gasteiger partial charge in [0.15, 0.2) is 0 Å². The third-order valence-corrected chi connectivity index (χ3v) is 12.6. The van der Waals surface area contributed by atoms with E-state index in [0.29, 0.717) is 370 Å². The van der Waals surface area contributed by atoms with E-state index in [4.69, 9.17) is 133 Å². The number of Topliss-reactive ketones (excluding diaryl/α,β-unsaturated/α-hetero) is 1. The Balaban J connectivity index is 0.0000125. The molecule has 0 aromatic heterocycles. The number of ketones is 1. The zero-order valence-electron chi connectivity index (χ0n) is 61.0. The summed E-state index contributed by atoms with van der Waals surface area (Å²) in [4.78, 5) is 10.8. The molecule has 29 heteroatoms. The Morgan fingerprint density at radius 3 is 0.337 bits per heavy atom. The summed E-state index contributed by atoms with van der Waals surface area (Å²) in [6, 6.07) is 0. The van der Waals surface area contributed by atoms with Crippen molar-refractivity contribution in [2.75, 3.05) is 370 Å². The third-order valence-electron chi connectivity index (χ3n) is 12.6. The van der Waals surface area contributed by atoms with Gasteiger partial charge < -0.3 is 133 Å². The van der Waals surface area contributed by atoms with Gasteiger partial charge in [-0.1, -0.05) is 58.3 Å². The van der Waals surface area contributed by atoms with Gasteiger partial charge in [-0.15, -0.1) is 0 Å². The maximum atomic E-state index is 10.8. The maximum absolute atomic E-state index is 10.8. The molecule has 0 radical (unpaired) electrons. The van der Waals surface area contributed by atoms with E-state index in [1.165, 1.54) is 44.9 Å². The van der Waals surface area contributed by atoms with Crippen molar-refractivity contribution < 1.29 is 137 Å². The largest absolute Gasteiger partial charge is 0.379 e. The molecule has 98 heavy (non-hydrogen) atoms. The molecule has 0 aromatic rings. The Hall–Kier alpha value is -1.45. The first-order chi connectivity index (χ1) is 48.8. The van der Waals surface area contributed by atoms with Crippen LogP contribution in [0.2, 0.25) is 0 Å². The van der Waals surface area contributed by atoms with Crippen LogP contribution in [-0.2, 0) is 137 Å². The summed E-state index contributed by atoms with van der Waals surface area (Å²) < 4.78 is 154. The van der Waals surface area contributed by atoms with E-state index in [1.54, 1.807) is 6.92 Å². The summed E-state index contributed by atoms with van der Waals surface area (Å²) in [6.07, 6.45) is 13.2. The number of hydrogen-bond acceptors (Lipinski definition) is 29. The third kappa shape index (κ3) is 98.7. The van der Waals surface area contributed by atoms with Crippen LogP contribution < -0.4 is 0 Å². The molecule has 0 saturated heterocycles. The fourth-order valence-electron chi connectivity index (χ4n) is 6.75. The highest BCUT2D eigenvalue weighted by atomic mass is 16.6. The molecule has 2 aliphatic rings. The fourth-order valence-corrected chi connectivity index (χ4v) is 6.75. The molecule has 0 amide bonds. The van der Waals surface area contributed by atoms with Crippen LogP contribution in [0.5, 0.6) is 0 Å². The second-order valence-corrected chi connectivity index (χ2v) is 21.4. The van der Waals surface area contributed by atoms with Crippen molar-refractivity contribution in [1.82, 2.24) is 0 Å². The lowest BCUT2D eigenvalue weighted by atomic mass is 10.0. The normalized spacial score (nSPS) is 12.6. The van der Waals surface area contributed by atoms with Crippen molar-refractivity contribution in [2.24, 2.45) is 0 Å². The van der Waals surface area contributed by atoms with Crippen molar-refractivity contribution in [2.45, 2.75) is 78.1 Å². The van der Waals surface area contributed by atoms with Crippen LogP contribution in [0, 0.1) is 0 Å². The van der Waals surface area contributed by atoms with E-state index >= 15 is 0 Å². The molecule has 0 spiro atoms. The molecule has 2 fully saturated rings. The SMILES string of the molecule is C1CC1.C1CCC1.CCCCOCCOCCOCCOCCOCCOCCOCCOCCOCCOCCOCCOCCOCCOCCOCCOCCOCCOCCOCCOCCOCCOCCOCCOCCOCCOCCOCCOCCC(C)=O. The van der Waals surface area contributed by atoms with E-state index in [0.717, 1.165) is 19.4 Å². The van der Waals surface area contributed by atoms with Crippen LogP contribution in [0.25, 0.3) is 0 Å². The van der Waals surface area contributed by atoms with Gasteiger partial charge in [0.25, 0.3) is 0 Å². The molecular weight excluding hydrogens is 1290 g/mol. The summed E-state index contributed by atoms with van der Waals surface area (Å²) in [5, 5.41) is 0. The molecule has 0 aliphatic heterocycles. The summed E-state index contributed by atoms with van der Waals surface area (Å²) in [6.45, 7) is 31.6. The van der Waals surface area contributed by atoms with Crippen molar-refractivity contribution in [3.05, 3.63) is 0 Å².